The fourth-order valence-corrected chi connectivity index (χ4v) is 4.20. The number of amides is 1. The van der Waals surface area contributed by atoms with Crippen LogP contribution in [-0.4, -0.2) is 68.9 Å². The largest absolute Gasteiger partial charge is 0.342 e. The summed E-state index contributed by atoms with van der Waals surface area (Å²) < 4.78 is 23.0. The Balaban J connectivity index is 1.89. The molecule has 2 aliphatic heterocycles. The molecular formula is C13H24N2O3S. The molecule has 0 aromatic heterocycles. The summed E-state index contributed by atoms with van der Waals surface area (Å²) in [7, 11) is -0.904. The molecule has 0 aromatic rings. The minimum atomic E-state index is -2.95. The van der Waals surface area contributed by atoms with Gasteiger partial charge in [-0.15, -0.1) is 0 Å². The van der Waals surface area contributed by atoms with Gasteiger partial charge in [0, 0.05) is 25.9 Å². The van der Waals surface area contributed by atoms with Gasteiger partial charge in [-0.3, -0.25) is 4.79 Å². The number of hydrogen-bond donors (Lipinski definition) is 0. The smallest absolute Gasteiger partial charge is 0.226 e. The first-order chi connectivity index (χ1) is 8.88. The van der Waals surface area contributed by atoms with Crippen LogP contribution in [0.2, 0.25) is 0 Å². The van der Waals surface area contributed by atoms with E-state index in [1.54, 1.807) is 0 Å². The minimum absolute atomic E-state index is 0.105. The van der Waals surface area contributed by atoms with E-state index >= 15 is 0 Å². The van der Waals surface area contributed by atoms with Crippen molar-refractivity contribution in [2.75, 3.05) is 39.5 Å². The molecule has 19 heavy (non-hydrogen) atoms. The summed E-state index contributed by atoms with van der Waals surface area (Å²) in [4.78, 5) is 16.5. The quantitative estimate of drug-likeness (QED) is 0.736. The van der Waals surface area contributed by atoms with Gasteiger partial charge in [0.25, 0.3) is 0 Å². The summed E-state index contributed by atoms with van der Waals surface area (Å²) in [6, 6.07) is 0. The lowest BCUT2D eigenvalue weighted by Crippen LogP contribution is -2.48. The number of sulfone groups is 1. The van der Waals surface area contributed by atoms with E-state index in [4.69, 9.17) is 0 Å². The van der Waals surface area contributed by atoms with Crippen molar-refractivity contribution < 1.29 is 13.2 Å². The fourth-order valence-electron chi connectivity index (χ4n) is 3.13. The molecule has 0 N–H and O–H groups in total. The molecule has 2 fully saturated rings. The van der Waals surface area contributed by atoms with Gasteiger partial charge in [0.15, 0.2) is 0 Å². The molecule has 2 aliphatic rings. The number of carbonyl (C=O) groups excluding carboxylic acids is 1. The van der Waals surface area contributed by atoms with Crippen molar-refractivity contribution in [3.05, 3.63) is 0 Å². The molecule has 2 rings (SSSR count). The highest BCUT2D eigenvalue weighted by Gasteiger charge is 2.32. The molecule has 110 valence electrons. The van der Waals surface area contributed by atoms with Crippen molar-refractivity contribution in [3.63, 3.8) is 0 Å². The molecule has 1 unspecified atom stereocenters. The van der Waals surface area contributed by atoms with Crippen LogP contribution >= 0.6 is 0 Å². The van der Waals surface area contributed by atoms with Crippen LogP contribution in [-0.2, 0) is 14.6 Å². The summed E-state index contributed by atoms with van der Waals surface area (Å²) in [6.45, 7) is 3.10. The van der Waals surface area contributed by atoms with Gasteiger partial charge < -0.3 is 9.80 Å². The first-order valence-corrected chi connectivity index (χ1v) is 8.99. The second-order valence-electron chi connectivity index (χ2n) is 5.96. The molecule has 2 saturated heterocycles. The van der Waals surface area contributed by atoms with Gasteiger partial charge in [0.2, 0.25) is 5.91 Å². The van der Waals surface area contributed by atoms with Crippen LogP contribution in [0, 0.1) is 5.92 Å². The Morgan fingerprint density at radius 2 is 1.74 bits per heavy atom. The van der Waals surface area contributed by atoms with Crippen molar-refractivity contribution >= 4 is 15.7 Å². The molecule has 0 radical (unpaired) electrons. The Morgan fingerprint density at radius 3 is 2.26 bits per heavy atom. The standard InChI is InChI=1S/C13H24N2O3S/c1-14-7-3-4-11(10-14)13(16)15-8-5-12(6-9-15)19(2,17)18/h11-12H,3-10H2,1-2H3. The summed E-state index contributed by atoms with van der Waals surface area (Å²) in [5.74, 6) is 0.326. The molecule has 1 atom stereocenters. The van der Waals surface area contributed by atoms with E-state index in [1.807, 2.05) is 4.90 Å². The van der Waals surface area contributed by atoms with Crippen LogP contribution in [0.15, 0.2) is 0 Å². The van der Waals surface area contributed by atoms with Crippen molar-refractivity contribution in [2.45, 2.75) is 30.9 Å². The number of carbonyl (C=O) groups is 1. The lowest BCUT2D eigenvalue weighted by atomic mass is 9.96. The van der Waals surface area contributed by atoms with Crippen molar-refractivity contribution in [3.8, 4) is 0 Å². The SMILES string of the molecule is CN1CCCC(C(=O)N2CCC(S(C)(=O)=O)CC2)C1. The Kier molecular flexibility index (Phi) is 4.50. The topological polar surface area (TPSA) is 57.7 Å². The highest BCUT2D eigenvalue weighted by atomic mass is 32.2. The summed E-state index contributed by atoms with van der Waals surface area (Å²) in [6.07, 6.45) is 4.52. The Labute approximate surface area is 115 Å². The average molecular weight is 288 g/mol. The minimum Gasteiger partial charge on any atom is -0.342 e. The molecule has 0 aromatic carbocycles. The highest BCUT2D eigenvalue weighted by Crippen LogP contribution is 2.22. The number of nitrogens with zero attached hydrogens (tertiary/aromatic N) is 2. The average Bonchev–Trinajstić information content (AvgIpc) is 2.37. The van der Waals surface area contributed by atoms with Crippen LogP contribution in [0.3, 0.4) is 0 Å². The molecule has 1 amide bonds. The fraction of sp³-hybridized carbons (Fsp3) is 0.923. The molecule has 0 bridgehead atoms. The first kappa shape index (κ1) is 14.8. The zero-order chi connectivity index (χ0) is 14.0. The van der Waals surface area contributed by atoms with Crippen LogP contribution in [0.25, 0.3) is 0 Å². The molecule has 2 heterocycles. The van der Waals surface area contributed by atoms with Gasteiger partial charge in [-0.05, 0) is 39.3 Å². The third-order valence-electron chi connectivity index (χ3n) is 4.33. The van der Waals surface area contributed by atoms with E-state index in [-0.39, 0.29) is 17.1 Å². The second-order valence-corrected chi connectivity index (χ2v) is 8.28. The summed E-state index contributed by atoms with van der Waals surface area (Å²) in [5, 5.41) is -0.259. The maximum atomic E-state index is 12.4. The van der Waals surface area contributed by atoms with E-state index in [0.29, 0.717) is 25.9 Å². The van der Waals surface area contributed by atoms with Gasteiger partial charge in [0.1, 0.15) is 9.84 Å². The normalized spacial score (nSPS) is 27.5. The molecule has 0 aliphatic carbocycles. The maximum Gasteiger partial charge on any atom is 0.226 e. The lowest BCUT2D eigenvalue weighted by molar-refractivity contribution is -0.138. The zero-order valence-electron chi connectivity index (χ0n) is 11.8. The third-order valence-corrected chi connectivity index (χ3v) is 6.02. The first-order valence-electron chi connectivity index (χ1n) is 7.04. The Morgan fingerprint density at radius 1 is 1.11 bits per heavy atom. The van der Waals surface area contributed by atoms with Crippen molar-refractivity contribution in [2.24, 2.45) is 5.92 Å². The van der Waals surface area contributed by atoms with Gasteiger partial charge in [-0.1, -0.05) is 0 Å². The third kappa shape index (κ3) is 3.69. The number of rotatable bonds is 2. The van der Waals surface area contributed by atoms with E-state index in [1.165, 1.54) is 6.26 Å². The predicted octanol–water partition coefficient (Wildman–Crippen LogP) is 0.364. The van der Waals surface area contributed by atoms with Crippen molar-refractivity contribution in [1.82, 2.24) is 9.80 Å². The van der Waals surface area contributed by atoms with Gasteiger partial charge in [-0.25, -0.2) is 8.42 Å². The van der Waals surface area contributed by atoms with Crippen LogP contribution in [0.5, 0.6) is 0 Å². The van der Waals surface area contributed by atoms with E-state index < -0.39 is 9.84 Å². The van der Waals surface area contributed by atoms with Crippen LogP contribution in [0.1, 0.15) is 25.7 Å². The second kappa shape index (κ2) is 5.79. The number of hydrogen-bond acceptors (Lipinski definition) is 4. The van der Waals surface area contributed by atoms with Gasteiger partial charge >= 0.3 is 0 Å². The predicted molar refractivity (Wildman–Crippen MR) is 74.7 cm³/mol. The molecule has 6 heteroatoms. The van der Waals surface area contributed by atoms with E-state index in [2.05, 4.69) is 11.9 Å². The zero-order valence-corrected chi connectivity index (χ0v) is 12.7. The highest BCUT2D eigenvalue weighted by molar-refractivity contribution is 7.91. The van der Waals surface area contributed by atoms with E-state index in [0.717, 1.165) is 25.9 Å². The number of likely N-dealkylation sites (tertiary alicyclic amines) is 2. The summed E-state index contributed by atoms with van der Waals surface area (Å²) in [5.41, 5.74) is 0. The molecule has 0 saturated carbocycles. The van der Waals surface area contributed by atoms with Crippen molar-refractivity contribution in [1.29, 1.82) is 0 Å². The molecular weight excluding hydrogens is 264 g/mol. The Bertz CT molecular complexity index is 427. The number of piperidine rings is 2. The molecule has 0 spiro atoms. The van der Waals surface area contributed by atoms with E-state index in [9.17, 15) is 13.2 Å². The maximum absolute atomic E-state index is 12.4. The van der Waals surface area contributed by atoms with Crippen LogP contribution in [0.4, 0.5) is 0 Å². The summed E-state index contributed by atoms with van der Waals surface area (Å²) >= 11 is 0. The van der Waals surface area contributed by atoms with Gasteiger partial charge in [-0.2, -0.15) is 0 Å². The lowest BCUT2D eigenvalue weighted by Gasteiger charge is -2.36. The Hall–Kier alpha value is -0.620. The molecule has 5 nitrogen and oxygen atoms in total. The van der Waals surface area contributed by atoms with Crippen LogP contribution < -0.4 is 0 Å². The monoisotopic (exact) mass is 288 g/mol. The van der Waals surface area contributed by atoms with Gasteiger partial charge in [0.05, 0.1) is 11.2 Å².